The van der Waals surface area contributed by atoms with Gasteiger partial charge < -0.3 is 10.8 Å². The van der Waals surface area contributed by atoms with E-state index in [9.17, 15) is 5.11 Å². The van der Waals surface area contributed by atoms with Crippen molar-refractivity contribution in [2.24, 2.45) is 0 Å². The maximum Gasteiger partial charge on any atom is 0.0639 e. The quantitative estimate of drug-likeness (QED) is 0.722. The summed E-state index contributed by atoms with van der Waals surface area (Å²) in [5, 5.41) is 9.42. The highest BCUT2D eigenvalue weighted by molar-refractivity contribution is 5.40. The Morgan fingerprint density at radius 3 is 2.75 bits per heavy atom. The Morgan fingerprint density at radius 2 is 2.19 bits per heavy atom. The molecule has 0 aromatic heterocycles. The molecule has 1 aromatic rings. The molecule has 0 fully saturated rings. The molecule has 3 heteroatoms. The van der Waals surface area contributed by atoms with E-state index in [2.05, 4.69) is 17.9 Å². The molecule has 0 spiro atoms. The van der Waals surface area contributed by atoms with E-state index in [1.807, 2.05) is 25.1 Å². The fourth-order valence-corrected chi connectivity index (χ4v) is 1.87. The number of benzene rings is 1. The molecule has 0 aliphatic rings. The standard InChI is InChI=1S/C13H22N2O/c1-3-7-15(9-11(2)16)10-12-5-4-6-13(14)8-12/h4-6,8,11,16H,3,7,9-10,14H2,1-2H3. The summed E-state index contributed by atoms with van der Waals surface area (Å²) in [5.74, 6) is 0. The SMILES string of the molecule is CCCN(Cc1cccc(N)c1)CC(C)O. The zero-order valence-electron chi connectivity index (χ0n) is 10.2. The summed E-state index contributed by atoms with van der Waals surface area (Å²) in [7, 11) is 0. The first-order valence-corrected chi connectivity index (χ1v) is 5.86. The van der Waals surface area contributed by atoms with Gasteiger partial charge in [0.1, 0.15) is 0 Å². The van der Waals surface area contributed by atoms with Crippen molar-refractivity contribution < 1.29 is 5.11 Å². The molecule has 90 valence electrons. The first kappa shape index (κ1) is 13.0. The van der Waals surface area contributed by atoms with Gasteiger partial charge in [-0.2, -0.15) is 0 Å². The van der Waals surface area contributed by atoms with Crippen molar-refractivity contribution in [3.05, 3.63) is 29.8 Å². The van der Waals surface area contributed by atoms with Crippen LogP contribution in [0.1, 0.15) is 25.8 Å². The summed E-state index contributed by atoms with van der Waals surface area (Å²) in [5.41, 5.74) is 7.74. The minimum atomic E-state index is -0.285. The Balaban J connectivity index is 2.60. The Bertz CT molecular complexity index is 313. The smallest absolute Gasteiger partial charge is 0.0639 e. The number of rotatable bonds is 6. The van der Waals surface area contributed by atoms with Crippen LogP contribution in [0.5, 0.6) is 0 Å². The van der Waals surface area contributed by atoms with E-state index in [-0.39, 0.29) is 6.10 Å². The second-order valence-electron chi connectivity index (χ2n) is 4.33. The van der Waals surface area contributed by atoms with Crippen LogP contribution in [0.3, 0.4) is 0 Å². The fourth-order valence-electron chi connectivity index (χ4n) is 1.87. The number of aliphatic hydroxyl groups excluding tert-OH is 1. The zero-order chi connectivity index (χ0) is 12.0. The average molecular weight is 222 g/mol. The number of aliphatic hydroxyl groups is 1. The second kappa shape index (κ2) is 6.51. The maximum absolute atomic E-state index is 9.42. The highest BCUT2D eigenvalue weighted by Gasteiger charge is 2.08. The molecule has 3 N–H and O–H groups in total. The zero-order valence-corrected chi connectivity index (χ0v) is 10.2. The number of nitrogens with two attached hydrogens (primary N) is 1. The molecule has 1 rings (SSSR count). The first-order valence-electron chi connectivity index (χ1n) is 5.86. The lowest BCUT2D eigenvalue weighted by atomic mass is 10.2. The molecule has 0 radical (unpaired) electrons. The summed E-state index contributed by atoms with van der Waals surface area (Å²) in [6, 6.07) is 7.92. The predicted molar refractivity (Wildman–Crippen MR) is 68.1 cm³/mol. The van der Waals surface area contributed by atoms with Crippen LogP contribution in [0.4, 0.5) is 5.69 Å². The topological polar surface area (TPSA) is 49.5 Å². The lowest BCUT2D eigenvalue weighted by molar-refractivity contribution is 0.122. The molecular formula is C13H22N2O. The third-order valence-corrected chi connectivity index (χ3v) is 2.42. The van der Waals surface area contributed by atoms with Crippen LogP contribution >= 0.6 is 0 Å². The molecule has 0 heterocycles. The third-order valence-electron chi connectivity index (χ3n) is 2.42. The molecule has 0 saturated heterocycles. The molecule has 0 aliphatic carbocycles. The minimum Gasteiger partial charge on any atom is -0.399 e. The Morgan fingerprint density at radius 1 is 1.44 bits per heavy atom. The monoisotopic (exact) mass is 222 g/mol. The summed E-state index contributed by atoms with van der Waals surface area (Å²) in [4.78, 5) is 2.25. The summed E-state index contributed by atoms with van der Waals surface area (Å²) in [6.07, 6.45) is 0.808. The van der Waals surface area contributed by atoms with E-state index in [4.69, 9.17) is 5.73 Å². The van der Waals surface area contributed by atoms with Crippen LogP contribution in [-0.2, 0) is 6.54 Å². The normalized spacial score (nSPS) is 13.0. The Kier molecular flexibility index (Phi) is 5.29. The van der Waals surface area contributed by atoms with Gasteiger partial charge in [0.15, 0.2) is 0 Å². The minimum absolute atomic E-state index is 0.285. The number of nitrogens with zero attached hydrogens (tertiary/aromatic N) is 1. The van der Waals surface area contributed by atoms with Crippen LogP contribution in [0.15, 0.2) is 24.3 Å². The van der Waals surface area contributed by atoms with Gasteiger partial charge in [0, 0.05) is 18.8 Å². The molecule has 3 nitrogen and oxygen atoms in total. The molecule has 1 unspecified atom stereocenters. The van der Waals surface area contributed by atoms with E-state index < -0.39 is 0 Å². The highest BCUT2D eigenvalue weighted by Crippen LogP contribution is 2.10. The molecule has 0 bridgehead atoms. The molecular weight excluding hydrogens is 200 g/mol. The second-order valence-corrected chi connectivity index (χ2v) is 4.33. The molecule has 1 aromatic carbocycles. The largest absolute Gasteiger partial charge is 0.399 e. The van der Waals surface area contributed by atoms with Crippen molar-refractivity contribution in [2.45, 2.75) is 32.9 Å². The lowest BCUT2D eigenvalue weighted by Gasteiger charge is -2.23. The van der Waals surface area contributed by atoms with Gasteiger partial charge >= 0.3 is 0 Å². The molecule has 0 saturated carbocycles. The first-order chi connectivity index (χ1) is 7.61. The van der Waals surface area contributed by atoms with Crippen molar-refractivity contribution in [2.75, 3.05) is 18.8 Å². The van der Waals surface area contributed by atoms with Crippen molar-refractivity contribution >= 4 is 5.69 Å². The average Bonchev–Trinajstić information content (AvgIpc) is 2.16. The number of anilines is 1. The van der Waals surface area contributed by atoms with Crippen LogP contribution in [-0.4, -0.2) is 29.2 Å². The van der Waals surface area contributed by atoms with Crippen LogP contribution in [0.25, 0.3) is 0 Å². The van der Waals surface area contributed by atoms with E-state index >= 15 is 0 Å². The highest BCUT2D eigenvalue weighted by atomic mass is 16.3. The summed E-state index contributed by atoms with van der Waals surface area (Å²) in [6.45, 7) is 6.53. The lowest BCUT2D eigenvalue weighted by Crippen LogP contribution is -2.31. The number of nitrogen functional groups attached to an aromatic ring is 1. The van der Waals surface area contributed by atoms with Crippen LogP contribution < -0.4 is 5.73 Å². The van der Waals surface area contributed by atoms with Gasteiger partial charge in [-0.3, -0.25) is 4.90 Å². The third kappa shape index (κ3) is 4.64. The fraction of sp³-hybridized carbons (Fsp3) is 0.538. The number of hydrogen-bond donors (Lipinski definition) is 2. The van der Waals surface area contributed by atoms with Gasteiger partial charge in [-0.25, -0.2) is 0 Å². The molecule has 0 amide bonds. The van der Waals surface area contributed by atoms with Crippen LogP contribution in [0.2, 0.25) is 0 Å². The van der Waals surface area contributed by atoms with Gasteiger partial charge in [-0.15, -0.1) is 0 Å². The van der Waals surface area contributed by atoms with Crippen molar-refractivity contribution in [1.29, 1.82) is 0 Å². The van der Waals surface area contributed by atoms with Crippen molar-refractivity contribution in [1.82, 2.24) is 4.90 Å². The molecule has 16 heavy (non-hydrogen) atoms. The van der Waals surface area contributed by atoms with Gasteiger partial charge in [0.2, 0.25) is 0 Å². The Labute approximate surface area is 97.9 Å². The van der Waals surface area contributed by atoms with E-state index in [0.29, 0.717) is 6.54 Å². The van der Waals surface area contributed by atoms with E-state index in [1.165, 1.54) is 5.56 Å². The maximum atomic E-state index is 9.42. The van der Waals surface area contributed by atoms with Crippen LogP contribution in [0, 0.1) is 0 Å². The van der Waals surface area contributed by atoms with Crippen molar-refractivity contribution in [3.63, 3.8) is 0 Å². The van der Waals surface area contributed by atoms with E-state index in [0.717, 1.165) is 25.2 Å². The van der Waals surface area contributed by atoms with Gasteiger partial charge in [-0.1, -0.05) is 19.1 Å². The number of hydrogen-bond acceptors (Lipinski definition) is 3. The van der Waals surface area contributed by atoms with Gasteiger partial charge in [-0.05, 0) is 37.6 Å². The molecule has 0 aliphatic heterocycles. The summed E-state index contributed by atoms with van der Waals surface area (Å²) >= 11 is 0. The van der Waals surface area contributed by atoms with Gasteiger partial charge in [0.05, 0.1) is 6.10 Å². The Hall–Kier alpha value is -1.06. The molecule has 1 atom stereocenters. The predicted octanol–water partition coefficient (Wildman–Crippen LogP) is 1.86. The van der Waals surface area contributed by atoms with Crippen molar-refractivity contribution in [3.8, 4) is 0 Å². The van der Waals surface area contributed by atoms with Gasteiger partial charge in [0.25, 0.3) is 0 Å². The summed E-state index contributed by atoms with van der Waals surface area (Å²) < 4.78 is 0. The van der Waals surface area contributed by atoms with E-state index in [1.54, 1.807) is 0 Å².